The summed E-state index contributed by atoms with van der Waals surface area (Å²) < 4.78 is 0. The van der Waals surface area contributed by atoms with Gasteiger partial charge in [-0.25, -0.2) is 0 Å². The molecule has 1 rings (SSSR count). The normalized spacial score (nSPS) is 33.8. The fourth-order valence-corrected chi connectivity index (χ4v) is 2.13. The van der Waals surface area contributed by atoms with Gasteiger partial charge in [0.1, 0.15) is 0 Å². The van der Waals surface area contributed by atoms with Crippen molar-refractivity contribution in [3.63, 3.8) is 0 Å². The van der Waals surface area contributed by atoms with Gasteiger partial charge in [-0.3, -0.25) is 4.79 Å². The van der Waals surface area contributed by atoms with E-state index in [2.05, 4.69) is 6.92 Å². The Morgan fingerprint density at radius 1 is 1.35 bits per heavy atom. The Labute approximate surface area is 101 Å². The minimum Gasteiger partial charge on any atom is -0.481 e. The highest BCUT2D eigenvalue weighted by atomic mass is 16.4. The molecule has 1 saturated carbocycles. The number of hydrogen-bond donors (Lipinski definition) is 3. The molecule has 0 aliphatic heterocycles. The fourth-order valence-electron chi connectivity index (χ4n) is 2.13. The van der Waals surface area contributed by atoms with Crippen molar-refractivity contribution < 1.29 is 20.1 Å². The minimum atomic E-state index is -1.17. The van der Waals surface area contributed by atoms with Crippen molar-refractivity contribution in [1.29, 1.82) is 0 Å². The van der Waals surface area contributed by atoms with Crippen LogP contribution in [-0.2, 0) is 4.79 Å². The van der Waals surface area contributed by atoms with Crippen molar-refractivity contribution in [3.8, 4) is 0 Å². The molecule has 0 aromatic carbocycles. The lowest BCUT2D eigenvalue weighted by Crippen LogP contribution is -2.31. The van der Waals surface area contributed by atoms with Crippen LogP contribution < -0.4 is 0 Å². The van der Waals surface area contributed by atoms with Crippen LogP contribution in [0, 0.1) is 11.8 Å². The molecule has 0 amide bonds. The van der Waals surface area contributed by atoms with Gasteiger partial charge in [0.2, 0.25) is 0 Å². The van der Waals surface area contributed by atoms with Crippen molar-refractivity contribution in [2.45, 2.75) is 38.4 Å². The van der Waals surface area contributed by atoms with Crippen LogP contribution >= 0.6 is 0 Å². The van der Waals surface area contributed by atoms with E-state index in [0.29, 0.717) is 6.42 Å². The van der Waals surface area contributed by atoms with E-state index in [0.717, 1.165) is 12.8 Å². The highest BCUT2D eigenvalue weighted by molar-refractivity contribution is 5.72. The van der Waals surface area contributed by atoms with Crippen molar-refractivity contribution in [2.75, 3.05) is 0 Å². The average Bonchev–Trinajstić information content (AvgIpc) is 2.54. The first-order valence-electron chi connectivity index (χ1n) is 6.00. The third-order valence-corrected chi connectivity index (χ3v) is 3.08. The molecule has 3 N–H and O–H groups in total. The van der Waals surface area contributed by atoms with Crippen molar-refractivity contribution >= 4 is 5.97 Å². The van der Waals surface area contributed by atoms with E-state index in [1.54, 1.807) is 12.2 Å². The zero-order valence-corrected chi connectivity index (χ0v) is 9.99. The van der Waals surface area contributed by atoms with Crippen molar-refractivity contribution in [2.24, 2.45) is 11.8 Å². The maximum atomic E-state index is 11.0. The van der Waals surface area contributed by atoms with E-state index in [-0.39, 0.29) is 5.92 Å². The summed E-state index contributed by atoms with van der Waals surface area (Å²) in [5.41, 5.74) is 0. The summed E-state index contributed by atoms with van der Waals surface area (Å²) in [7, 11) is 0. The Morgan fingerprint density at radius 3 is 2.65 bits per heavy atom. The number of carboxylic acid groups (broad SMARTS) is 1. The van der Waals surface area contributed by atoms with Gasteiger partial charge in [-0.1, -0.05) is 37.6 Å². The molecule has 0 saturated heterocycles. The quantitative estimate of drug-likeness (QED) is 0.634. The second-order valence-corrected chi connectivity index (χ2v) is 4.42. The van der Waals surface area contributed by atoms with Crippen molar-refractivity contribution in [1.82, 2.24) is 0 Å². The summed E-state index contributed by atoms with van der Waals surface area (Å²) >= 11 is 0. The number of aliphatic hydroxyl groups is 2. The molecule has 4 heteroatoms. The maximum absolute atomic E-state index is 11.0. The van der Waals surface area contributed by atoms with Crippen LogP contribution in [0.15, 0.2) is 24.3 Å². The number of unbranched alkanes of at least 4 members (excludes halogenated alkanes) is 1. The summed E-state index contributed by atoms with van der Waals surface area (Å²) in [6.07, 6.45) is 7.69. The van der Waals surface area contributed by atoms with Gasteiger partial charge in [-0.2, -0.15) is 0 Å². The predicted octanol–water partition coefficient (Wildman–Crippen LogP) is 1.34. The molecule has 1 aliphatic carbocycles. The van der Waals surface area contributed by atoms with E-state index in [4.69, 9.17) is 5.11 Å². The first-order valence-corrected chi connectivity index (χ1v) is 6.00. The van der Waals surface area contributed by atoms with Gasteiger partial charge < -0.3 is 15.3 Å². The molecule has 0 spiro atoms. The van der Waals surface area contributed by atoms with Crippen LogP contribution in [0.2, 0.25) is 0 Å². The number of hydrogen-bond acceptors (Lipinski definition) is 3. The van der Waals surface area contributed by atoms with E-state index in [1.165, 1.54) is 0 Å². The second kappa shape index (κ2) is 6.57. The molecule has 0 unspecified atom stereocenters. The van der Waals surface area contributed by atoms with Crippen LogP contribution in [-0.4, -0.2) is 33.5 Å². The minimum absolute atomic E-state index is 0.302. The number of allylic oxidation sites excluding steroid dienone is 4. The summed E-state index contributed by atoms with van der Waals surface area (Å²) in [5.74, 6) is -2.26. The molecule has 17 heavy (non-hydrogen) atoms. The Morgan fingerprint density at radius 2 is 2.06 bits per heavy atom. The topological polar surface area (TPSA) is 77.8 Å². The average molecular weight is 240 g/mol. The predicted molar refractivity (Wildman–Crippen MR) is 64.4 cm³/mol. The number of aliphatic carboxylic acids is 1. The lowest BCUT2D eigenvalue weighted by Gasteiger charge is -2.14. The molecule has 4 nitrogen and oxygen atoms in total. The van der Waals surface area contributed by atoms with Gasteiger partial charge in [0, 0.05) is 0 Å². The Kier molecular flexibility index (Phi) is 5.38. The van der Waals surface area contributed by atoms with Gasteiger partial charge in [0.05, 0.1) is 18.1 Å². The molecule has 0 aromatic rings. The van der Waals surface area contributed by atoms with Gasteiger partial charge in [0.15, 0.2) is 0 Å². The molecular weight excluding hydrogens is 220 g/mol. The Bertz CT molecular complexity index is 309. The Hall–Kier alpha value is -1.13. The highest BCUT2D eigenvalue weighted by Gasteiger charge is 2.44. The first kappa shape index (κ1) is 13.9. The molecule has 0 bridgehead atoms. The van der Waals surface area contributed by atoms with Crippen LogP contribution in [0.3, 0.4) is 0 Å². The van der Waals surface area contributed by atoms with Gasteiger partial charge in [0.25, 0.3) is 0 Å². The van der Waals surface area contributed by atoms with Gasteiger partial charge in [-0.15, -0.1) is 0 Å². The Balaban J connectivity index is 2.60. The molecule has 1 aliphatic rings. The molecule has 1 fully saturated rings. The highest BCUT2D eigenvalue weighted by Crippen LogP contribution is 2.33. The zero-order chi connectivity index (χ0) is 12.8. The largest absolute Gasteiger partial charge is 0.481 e. The zero-order valence-electron chi connectivity index (χ0n) is 9.99. The number of aliphatic hydroxyl groups excluding tert-OH is 2. The third kappa shape index (κ3) is 3.68. The smallest absolute Gasteiger partial charge is 0.309 e. The monoisotopic (exact) mass is 240 g/mol. The van der Waals surface area contributed by atoms with Gasteiger partial charge in [-0.05, 0) is 18.8 Å². The third-order valence-electron chi connectivity index (χ3n) is 3.08. The maximum Gasteiger partial charge on any atom is 0.309 e. The van der Waals surface area contributed by atoms with Crippen LogP contribution in [0.4, 0.5) is 0 Å². The molecule has 4 atom stereocenters. The molecule has 96 valence electrons. The summed E-state index contributed by atoms with van der Waals surface area (Å²) in [6, 6.07) is 0. The van der Waals surface area contributed by atoms with Crippen LogP contribution in [0.25, 0.3) is 0 Å². The number of rotatable bonds is 5. The standard InChI is InChI=1S/C13H20O4/c1-2-3-4-5-6-7-9-8-10(14)12(15)11(9)13(16)17/h4-7,9-12,14-15H,2-3,8H2,1H3,(H,16,17)/b5-4+,7-6+/t9-,10-,11+,12-/m0/s1. The van der Waals surface area contributed by atoms with Crippen molar-refractivity contribution in [3.05, 3.63) is 24.3 Å². The van der Waals surface area contributed by atoms with E-state index >= 15 is 0 Å². The van der Waals surface area contributed by atoms with Crippen LogP contribution in [0.1, 0.15) is 26.2 Å². The molecular formula is C13H20O4. The summed E-state index contributed by atoms with van der Waals surface area (Å²) in [5, 5.41) is 28.0. The SMILES string of the molecule is CCC/C=C/C=C/[C@H]1C[C@H](O)[C@H](O)[C@@H]1C(=O)O. The molecule has 0 heterocycles. The van der Waals surface area contributed by atoms with E-state index in [9.17, 15) is 15.0 Å². The fraction of sp³-hybridized carbons (Fsp3) is 0.615. The lowest BCUT2D eigenvalue weighted by atomic mass is 9.94. The number of carboxylic acids is 1. The van der Waals surface area contributed by atoms with Crippen LogP contribution in [0.5, 0.6) is 0 Å². The molecule has 0 radical (unpaired) electrons. The first-order chi connectivity index (χ1) is 8.07. The van der Waals surface area contributed by atoms with E-state index in [1.807, 2.05) is 12.2 Å². The second-order valence-electron chi connectivity index (χ2n) is 4.42. The molecule has 0 aromatic heterocycles. The van der Waals surface area contributed by atoms with E-state index < -0.39 is 24.1 Å². The summed E-state index contributed by atoms with van der Waals surface area (Å²) in [4.78, 5) is 11.0. The van der Waals surface area contributed by atoms with Gasteiger partial charge >= 0.3 is 5.97 Å². The lowest BCUT2D eigenvalue weighted by molar-refractivity contribution is -0.146. The number of carbonyl (C=O) groups is 1. The summed E-state index contributed by atoms with van der Waals surface area (Å²) in [6.45, 7) is 2.08.